The van der Waals surface area contributed by atoms with E-state index < -0.39 is 0 Å². The maximum absolute atomic E-state index is 3.46. The third-order valence-electron chi connectivity index (χ3n) is 2.27. The molecule has 0 heterocycles. The topological polar surface area (TPSA) is 36.1 Å². The molecule has 3 nitrogen and oxygen atoms in total. The van der Waals surface area contributed by atoms with Gasteiger partial charge in [-0.2, -0.15) is 0 Å². The summed E-state index contributed by atoms with van der Waals surface area (Å²) in [5.74, 6) is 0. The van der Waals surface area contributed by atoms with Crippen molar-refractivity contribution in [1.29, 1.82) is 0 Å². The Labute approximate surface area is 108 Å². The van der Waals surface area contributed by atoms with Gasteiger partial charge in [0.15, 0.2) is 0 Å². The summed E-state index contributed by atoms with van der Waals surface area (Å²) in [7, 11) is 0. The van der Waals surface area contributed by atoms with E-state index in [1.807, 2.05) is 0 Å². The van der Waals surface area contributed by atoms with E-state index in [9.17, 15) is 0 Å². The largest absolute Gasteiger partial charge is 0.317 e. The van der Waals surface area contributed by atoms with Crippen molar-refractivity contribution in [3.05, 3.63) is 0 Å². The molecule has 0 aromatic heterocycles. The van der Waals surface area contributed by atoms with Crippen LogP contribution in [0.4, 0.5) is 0 Å². The molecule has 0 saturated heterocycles. The van der Waals surface area contributed by atoms with E-state index in [-0.39, 0.29) is 12.4 Å². The van der Waals surface area contributed by atoms with Gasteiger partial charge in [0.2, 0.25) is 0 Å². The summed E-state index contributed by atoms with van der Waals surface area (Å²) in [5.41, 5.74) is 0. The fourth-order valence-corrected chi connectivity index (χ4v) is 1.41. The van der Waals surface area contributed by atoms with Gasteiger partial charge in [0.05, 0.1) is 0 Å². The predicted octanol–water partition coefficient (Wildman–Crippen LogP) is 1.78. The van der Waals surface area contributed by atoms with Gasteiger partial charge < -0.3 is 16.0 Å². The van der Waals surface area contributed by atoms with Gasteiger partial charge in [0.1, 0.15) is 0 Å². The number of hydrogen-bond donors (Lipinski definition) is 3. The zero-order chi connectivity index (χ0) is 11.2. The highest BCUT2D eigenvalue weighted by molar-refractivity contribution is 5.85. The summed E-state index contributed by atoms with van der Waals surface area (Å²) < 4.78 is 0. The lowest BCUT2D eigenvalue weighted by atomic mass is 10.3. The highest BCUT2D eigenvalue weighted by Crippen LogP contribution is 1.78. The molecule has 0 radical (unpaired) electrons. The molecular weight excluding hydrogens is 222 g/mol. The molecular formula is C12H30ClN3. The molecule has 3 N–H and O–H groups in total. The van der Waals surface area contributed by atoms with Crippen LogP contribution in [0.25, 0.3) is 0 Å². The van der Waals surface area contributed by atoms with E-state index in [0.717, 1.165) is 39.3 Å². The standard InChI is InChI=1S/C12H29N3.ClH/c1-3-7-13-9-5-11-15-12-6-10-14-8-4-2;/h13-15H,3-12H2,1-2H3;1H. The van der Waals surface area contributed by atoms with Gasteiger partial charge in [-0.05, 0) is 65.0 Å². The van der Waals surface area contributed by atoms with E-state index in [0.29, 0.717) is 0 Å². The summed E-state index contributed by atoms with van der Waals surface area (Å²) in [6.07, 6.45) is 4.94. The third kappa shape index (κ3) is 16.6. The number of rotatable bonds is 12. The molecule has 0 rings (SSSR count). The van der Waals surface area contributed by atoms with E-state index in [1.54, 1.807) is 0 Å². The first-order chi connectivity index (χ1) is 7.41. The van der Waals surface area contributed by atoms with Gasteiger partial charge in [-0.1, -0.05) is 13.8 Å². The quantitative estimate of drug-likeness (QED) is 0.463. The molecule has 0 spiro atoms. The van der Waals surface area contributed by atoms with Gasteiger partial charge in [-0.25, -0.2) is 0 Å². The van der Waals surface area contributed by atoms with Gasteiger partial charge >= 0.3 is 0 Å². The number of nitrogens with one attached hydrogen (secondary N) is 3. The van der Waals surface area contributed by atoms with Crippen LogP contribution in [0, 0.1) is 0 Å². The second kappa shape index (κ2) is 17.6. The number of halogens is 1. The molecule has 100 valence electrons. The molecule has 0 aliphatic heterocycles. The van der Waals surface area contributed by atoms with Crippen molar-refractivity contribution < 1.29 is 0 Å². The Hall–Kier alpha value is 0.170. The molecule has 0 amide bonds. The second-order valence-electron chi connectivity index (χ2n) is 3.96. The van der Waals surface area contributed by atoms with Crippen molar-refractivity contribution >= 4 is 12.4 Å². The van der Waals surface area contributed by atoms with Crippen molar-refractivity contribution in [2.45, 2.75) is 39.5 Å². The molecule has 0 unspecified atom stereocenters. The average molecular weight is 252 g/mol. The van der Waals surface area contributed by atoms with E-state index >= 15 is 0 Å². The number of hydrogen-bond acceptors (Lipinski definition) is 3. The van der Waals surface area contributed by atoms with Gasteiger partial charge in [0, 0.05) is 0 Å². The van der Waals surface area contributed by atoms with Crippen LogP contribution in [-0.4, -0.2) is 39.3 Å². The lowest BCUT2D eigenvalue weighted by Gasteiger charge is -2.06. The van der Waals surface area contributed by atoms with Crippen LogP contribution in [0.15, 0.2) is 0 Å². The van der Waals surface area contributed by atoms with E-state index in [4.69, 9.17) is 0 Å². The molecule has 0 atom stereocenters. The molecule has 0 saturated carbocycles. The minimum Gasteiger partial charge on any atom is -0.317 e. The zero-order valence-corrected chi connectivity index (χ0v) is 11.8. The summed E-state index contributed by atoms with van der Waals surface area (Å²) in [5, 5.41) is 10.3. The Morgan fingerprint density at radius 1 is 0.562 bits per heavy atom. The Morgan fingerprint density at radius 3 is 1.19 bits per heavy atom. The zero-order valence-electron chi connectivity index (χ0n) is 11.0. The van der Waals surface area contributed by atoms with Crippen molar-refractivity contribution in [3.8, 4) is 0 Å². The first-order valence-corrected chi connectivity index (χ1v) is 6.54. The first-order valence-electron chi connectivity index (χ1n) is 6.54. The van der Waals surface area contributed by atoms with Crippen molar-refractivity contribution in [2.24, 2.45) is 0 Å². The maximum Gasteiger partial charge on any atom is -0.00368 e. The summed E-state index contributed by atoms with van der Waals surface area (Å²) in [6.45, 7) is 11.3. The Morgan fingerprint density at radius 2 is 0.875 bits per heavy atom. The maximum atomic E-state index is 3.46. The lowest BCUT2D eigenvalue weighted by Crippen LogP contribution is -2.25. The summed E-state index contributed by atoms with van der Waals surface area (Å²) in [6, 6.07) is 0. The van der Waals surface area contributed by atoms with E-state index in [2.05, 4.69) is 29.8 Å². The van der Waals surface area contributed by atoms with Crippen molar-refractivity contribution in [1.82, 2.24) is 16.0 Å². The van der Waals surface area contributed by atoms with Crippen LogP contribution in [0.3, 0.4) is 0 Å². The summed E-state index contributed by atoms with van der Waals surface area (Å²) in [4.78, 5) is 0. The highest BCUT2D eigenvalue weighted by atomic mass is 35.5. The summed E-state index contributed by atoms with van der Waals surface area (Å²) >= 11 is 0. The fourth-order valence-electron chi connectivity index (χ4n) is 1.41. The molecule has 0 fully saturated rings. The van der Waals surface area contributed by atoms with Gasteiger partial charge in [0.25, 0.3) is 0 Å². The third-order valence-corrected chi connectivity index (χ3v) is 2.27. The smallest absolute Gasteiger partial charge is 0.00368 e. The van der Waals surface area contributed by atoms with Crippen LogP contribution < -0.4 is 16.0 Å². The first kappa shape index (κ1) is 18.5. The van der Waals surface area contributed by atoms with Crippen molar-refractivity contribution in [3.63, 3.8) is 0 Å². The monoisotopic (exact) mass is 251 g/mol. The SMILES string of the molecule is CCCNCCCNCCCNCCC.Cl. The van der Waals surface area contributed by atoms with Crippen LogP contribution in [0.2, 0.25) is 0 Å². The molecule has 0 aliphatic rings. The van der Waals surface area contributed by atoms with Crippen LogP contribution in [0.5, 0.6) is 0 Å². The molecule has 16 heavy (non-hydrogen) atoms. The van der Waals surface area contributed by atoms with Crippen LogP contribution in [-0.2, 0) is 0 Å². The van der Waals surface area contributed by atoms with Crippen molar-refractivity contribution in [2.75, 3.05) is 39.3 Å². The van der Waals surface area contributed by atoms with Gasteiger partial charge in [-0.3, -0.25) is 0 Å². The molecule has 0 aromatic rings. The van der Waals surface area contributed by atoms with Crippen LogP contribution >= 0.6 is 12.4 Å². The minimum absolute atomic E-state index is 0. The average Bonchev–Trinajstić information content (AvgIpc) is 2.26. The van der Waals surface area contributed by atoms with E-state index in [1.165, 1.54) is 25.7 Å². The Balaban J connectivity index is 0. The second-order valence-corrected chi connectivity index (χ2v) is 3.96. The van der Waals surface area contributed by atoms with Crippen LogP contribution in [0.1, 0.15) is 39.5 Å². The molecule has 0 aromatic carbocycles. The molecule has 4 heteroatoms. The highest BCUT2D eigenvalue weighted by Gasteiger charge is 1.89. The molecule has 0 aliphatic carbocycles. The Kier molecular flexibility index (Phi) is 20.3. The fraction of sp³-hybridized carbons (Fsp3) is 1.00. The lowest BCUT2D eigenvalue weighted by molar-refractivity contribution is 0.563. The Bertz CT molecular complexity index is 100. The molecule has 0 bridgehead atoms. The minimum atomic E-state index is 0. The predicted molar refractivity (Wildman–Crippen MR) is 75.7 cm³/mol. The van der Waals surface area contributed by atoms with Gasteiger partial charge in [-0.15, -0.1) is 12.4 Å². The normalized spacial score (nSPS) is 10.1.